The van der Waals surface area contributed by atoms with Gasteiger partial charge in [-0.3, -0.25) is 4.79 Å². The minimum Gasteiger partial charge on any atom is -0.427 e. The molecule has 0 bridgehead atoms. The molecule has 0 radical (unpaired) electrons. The van der Waals surface area contributed by atoms with E-state index < -0.39 is 0 Å². The van der Waals surface area contributed by atoms with Crippen molar-refractivity contribution in [2.24, 2.45) is 0 Å². The summed E-state index contributed by atoms with van der Waals surface area (Å²) < 4.78 is 5.31. The first-order valence-corrected chi connectivity index (χ1v) is 10.9. The predicted octanol–water partition coefficient (Wildman–Crippen LogP) is 6.59. The third-order valence-electron chi connectivity index (χ3n) is 4.39. The van der Waals surface area contributed by atoms with Gasteiger partial charge in [-0.25, -0.2) is 0 Å². The standard InChI is InChI=1S/C25H27NO2S/c1-2-8-25(27)28-22-14-16-23(17-15-22)29-24-13-6-12-21(19-24)26-18-7-11-20-9-4-3-5-10-20/h3-6,9-10,12-17,19,26H,2,7-8,11,18H2,1H3. The molecule has 3 aromatic carbocycles. The van der Waals surface area contributed by atoms with Crippen LogP contribution in [-0.4, -0.2) is 12.5 Å². The fourth-order valence-corrected chi connectivity index (χ4v) is 3.81. The van der Waals surface area contributed by atoms with E-state index in [1.807, 2.05) is 31.2 Å². The van der Waals surface area contributed by atoms with Crippen molar-refractivity contribution >= 4 is 23.4 Å². The first-order chi connectivity index (χ1) is 14.2. The Hall–Kier alpha value is -2.72. The maximum atomic E-state index is 11.6. The number of carbonyl (C=O) groups is 1. The molecule has 150 valence electrons. The first-order valence-electron chi connectivity index (χ1n) is 10.1. The summed E-state index contributed by atoms with van der Waals surface area (Å²) >= 11 is 1.70. The molecule has 3 nitrogen and oxygen atoms in total. The Morgan fingerprint density at radius 2 is 1.72 bits per heavy atom. The molecular formula is C25H27NO2S. The zero-order valence-electron chi connectivity index (χ0n) is 16.8. The number of carbonyl (C=O) groups excluding carboxylic acids is 1. The van der Waals surface area contributed by atoms with Gasteiger partial charge >= 0.3 is 5.97 Å². The summed E-state index contributed by atoms with van der Waals surface area (Å²) in [6.45, 7) is 2.91. The summed E-state index contributed by atoms with van der Waals surface area (Å²) in [6.07, 6.45) is 3.42. The molecule has 0 aliphatic heterocycles. The number of ether oxygens (including phenoxy) is 1. The van der Waals surface area contributed by atoms with Crippen molar-refractivity contribution in [2.75, 3.05) is 11.9 Å². The predicted molar refractivity (Wildman–Crippen MR) is 121 cm³/mol. The average molecular weight is 406 g/mol. The van der Waals surface area contributed by atoms with E-state index in [0.29, 0.717) is 12.2 Å². The van der Waals surface area contributed by atoms with E-state index in [0.717, 1.165) is 36.4 Å². The molecular weight excluding hydrogens is 378 g/mol. The van der Waals surface area contributed by atoms with Gasteiger partial charge in [0.25, 0.3) is 0 Å². The fourth-order valence-electron chi connectivity index (χ4n) is 2.94. The van der Waals surface area contributed by atoms with Gasteiger partial charge in [-0.15, -0.1) is 0 Å². The highest BCUT2D eigenvalue weighted by Gasteiger charge is 2.04. The van der Waals surface area contributed by atoms with Gasteiger partial charge < -0.3 is 10.1 Å². The van der Waals surface area contributed by atoms with Crippen LogP contribution < -0.4 is 10.1 Å². The number of rotatable bonds is 10. The van der Waals surface area contributed by atoms with Gasteiger partial charge in [0.15, 0.2) is 0 Å². The number of anilines is 1. The van der Waals surface area contributed by atoms with E-state index in [1.54, 1.807) is 11.8 Å². The lowest BCUT2D eigenvalue weighted by Gasteiger charge is -2.09. The van der Waals surface area contributed by atoms with E-state index in [2.05, 4.69) is 59.9 Å². The van der Waals surface area contributed by atoms with Crippen molar-refractivity contribution in [2.45, 2.75) is 42.4 Å². The number of hydrogen-bond acceptors (Lipinski definition) is 4. The molecule has 0 heterocycles. The minimum absolute atomic E-state index is 0.182. The molecule has 0 aliphatic rings. The quantitative estimate of drug-likeness (QED) is 0.235. The van der Waals surface area contributed by atoms with E-state index in [1.165, 1.54) is 10.5 Å². The smallest absolute Gasteiger partial charge is 0.311 e. The second kappa shape index (κ2) is 11.3. The first kappa shape index (κ1) is 21.0. The summed E-state index contributed by atoms with van der Waals surface area (Å²) in [7, 11) is 0. The minimum atomic E-state index is -0.182. The number of aryl methyl sites for hydroxylation is 1. The maximum Gasteiger partial charge on any atom is 0.311 e. The molecule has 0 unspecified atom stereocenters. The van der Waals surface area contributed by atoms with Gasteiger partial charge in [-0.2, -0.15) is 0 Å². The highest BCUT2D eigenvalue weighted by Crippen LogP contribution is 2.30. The molecule has 3 aromatic rings. The van der Waals surface area contributed by atoms with E-state index in [9.17, 15) is 4.79 Å². The molecule has 1 N–H and O–H groups in total. The van der Waals surface area contributed by atoms with Gasteiger partial charge in [-0.1, -0.05) is 55.1 Å². The molecule has 0 amide bonds. The molecule has 0 saturated heterocycles. The van der Waals surface area contributed by atoms with Crippen LogP contribution in [-0.2, 0) is 11.2 Å². The van der Waals surface area contributed by atoms with Crippen LogP contribution in [0.15, 0.2) is 88.7 Å². The Labute approximate surface area is 177 Å². The van der Waals surface area contributed by atoms with Gasteiger partial charge in [0.1, 0.15) is 5.75 Å². The van der Waals surface area contributed by atoms with Gasteiger partial charge in [0.2, 0.25) is 0 Å². The molecule has 4 heteroatoms. The summed E-state index contributed by atoms with van der Waals surface area (Å²) in [5, 5.41) is 3.51. The lowest BCUT2D eigenvalue weighted by molar-refractivity contribution is -0.134. The SMILES string of the molecule is CCCC(=O)Oc1ccc(Sc2cccc(NCCCc3ccccc3)c2)cc1. The normalized spacial score (nSPS) is 10.5. The summed E-state index contributed by atoms with van der Waals surface area (Å²) in [5.41, 5.74) is 2.51. The second-order valence-corrected chi connectivity index (χ2v) is 7.99. The van der Waals surface area contributed by atoms with Crippen molar-refractivity contribution in [1.29, 1.82) is 0 Å². The van der Waals surface area contributed by atoms with Crippen LogP contribution in [0.4, 0.5) is 5.69 Å². The molecule has 0 atom stereocenters. The van der Waals surface area contributed by atoms with Gasteiger partial charge in [0, 0.05) is 28.4 Å². The molecule has 3 rings (SSSR count). The highest BCUT2D eigenvalue weighted by atomic mass is 32.2. The van der Waals surface area contributed by atoms with Crippen LogP contribution in [0.2, 0.25) is 0 Å². The van der Waals surface area contributed by atoms with E-state index in [-0.39, 0.29) is 5.97 Å². The van der Waals surface area contributed by atoms with Crippen molar-refractivity contribution < 1.29 is 9.53 Å². The Morgan fingerprint density at radius 1 is 0.931 bits per heavy atom. The molecule has 0 saturated carbocycles. The molecule has 0 spiro atoms. The maximum absolute atomic E-state index is 11.6. The van der Waals surface area contributed by atoms with Crippen molar-refractivity contribution in [3.63, 3.8) is 0 Å². The number of benzene rings is 3. The number of nitrogens with one attached hydrogen (secondary N) is 1. The third kappa shape index (κ3) is 7.31. The zero-order chi connectivity index (χ0) is 20.3. The Bertz CT molecular complexity index is 894. The third-order valence-corrected chi connectivity index (χ3v) is 5.39. The Kier molecular flexibility index (Phi) is 8.20. The second-order valence-electron chi connectivity index (χ2n) is 6.84. The molecule has 0 fully saturated rings. The lowest BCUT2D eigenvalue weighted by Crippen LogP contribution is -2.06. The van der Waals surface area contributed by atoms with Gasteiger partial charge in [0.05, 0.1) is 0 Å². The van der Waals surface area contributed by atoms with Crippen molar-refractivity contribution in [3.8, 4) is 5.75 Å². The van der Waals surface area contributed by atoms with Crippen LogP contribution in [0, 0.1) is 0 Å². The monoisotopic (exact) mass is 405 g/mol. The largest absolute Gasteiger partial charge is 0.427 e. The number of hydrogen-bond donors (Lipinski definition) is 1. The topological polar surface area (TPSA) is 38.3 Å². The lowest BCUT2D eigenvalue weighted by atomic mass is 10.1. The molecule has 29 heavy (non-hydrogen) atoms. The van der Waals surface area contributed by atoms with Crippen LogP contribution >= 0.6 is 11.8 Å². The summed E-state index contributed by atoms with van der Waals surface area (Å²) in [6, 6.07) is 26.7. The average Bonchev–Trinajstić information content (AvgIpc) is 2.74. The summed E-state index contributed by atoms with van der Waals surface area (Å²) in [4.78, 5) is 13.9. The fraction of sp³-hybridized carbons (Fsp3) is 0.240. The van der Waals surface area contributed by atoms with Crippen molar-refractivity contribution in [3.05, 3.63) is 84.4 Å². The molecule has 0 aliphatic carbocycles. The van der Waals surface area contributed by atoms with E-state index in [4.69, 9.17) is 4.74 Å². The van der Waals surface area contributed by atoms with Gasteiger partial charge in [-0.05, 0) is 67.3 Å². The van der Waals surface area contributed by atoms with Crippen LogP contribution in [0.1, 0.15) is 31.7 Å². The highest BCUT2D eigenvalue weighted by molar-refractivity contribution is 7.99. The Balaban J connectivity index is 1.48. The molecule has 0 aromatic heterocycles. The number of esters is 1. The van der Waals surface area contributed by atoms with Crippen LogP contribution in [0.3, 0.4) is 0 Å². The summed E-state index contributed by atoms with van der Waals surface area (Å²) in [5.74, 6) is 0.417. The van der Waals surface area contributed by atoms with Crippen molar-refractivity contribution in [1.82, 2.24) is 0 Å². The van der Waals surface area contributed by atoms with Crippen LogP contribution in [0.25, 0.3) is 0 Å². The van der Waals surface area contributed by atoms with E-state index >= 15 is 0 Å². The van der Waals surface area contributed by atoms with Crippen LogP contribution in [0.5, 0.6) is 5.75 Å². The Morgan fingerprint density at radius 3 is 2.48 bits per heavy atom. The zero-order valence-corrected chi connectivity index (χ0v) is 17.6.